The first-order chi connectivity index (χ1) is 8.74. The molecule has 0 aromatic carbocycles. The summed E-state index contributed by atoms with van der Waals surface area (Å²) in [6, 6.07) is 3.93. The molecular formula is C12H14BrN3OS. The zero-order valence-electron chi connectivity index (χ0n) is 10.2. The molecule has 0 saturated heterocycles. The van der Waals surface area contributed by atoms with Crippen LogP contribution in [0.2, 0.25) is 0 Å². The summed E-state index contributed by atoms with van der Waals surface area (Å²) >= 11 is 5.03. The van der Waals surface area contributed by atoms with Gasteiger partial charge in [-0.3, -0.25) is 4.98 Å². The van der Waals surface area contributed by atoms with Gasteiger partial charge >= 0.3 is 0 Å². The van der Waals surface area contributed by atoms with Crippen LogP contribution in [0.4, 0.5) is 0 Å². The van der Waals surface area contributed by atoms with Crippen molar-refractivity contribution < 1.29 is 4.74 Å². The first-order valence-corrected chi connectivity index (χ1v) is 7.09. The lowest BCUT2D eigenvalue weighted by Crippen LogP contribution is -2.06. The fourth-order valence-electron chi connectivity index (χ4n) is 1.54. The van der Waals surface area contributed by atoms with Gasteiger partial charge in [0.05, 0.1) is 18.0 Å². The van der Waals surface area contributed by atoms with Crippen LogP contribution in [0.3, 0.4) is 0 Å². The second-order valence-corrected chi connectivity index (χ2v) is 5.71. The summed E-state index contributed by atoms with van der Waals surface area (Å²) < 4.78 is 6.14. The Bertz CT molecular complexity index is 489. The van der Waals surface area contributed by atoms with Crippen molar-refractivity contribution in [1.82, 2.24) is 15.3 Å². The lowest BCUT2D eigenvalue weighted by Gasteiger charge is -1.98. The Morgan fingerprint density at radius 2 is 2.28 bits per heavy atom. The van der Waals surface area contributed by atoms with Crippen LogP contribution in [-0.4, -0.2) is 24.1 Å². The number of methoxy groups -OCH3 is 1. The third kappa shape index (κ3) is 3.14. The minimum atomic E-state index is 0.532. The topological polar surface area (TPSA) is 47.0 Å². The monoisotopic (exact) mass is 327 g/mol. The van der Waals surface area contributed by atoms with Crippen molar-refractivity contribution in [2.24, 2.45) is 0 Å². The molecule has 0 spiro atoms. The summed E-state index contributed by atoms with van der Waals surface area (Å²) in [4.78, 5) is 10.2. The van der Waals surface area contributed by atoms with E-state index in [0.717, 1.165) is 27.4 Å². The molecule has 2 rings (SSSR count). The van der Waals surface area contributed by atoms with Gasteiger partial charge < -0.3 is 10.1 Å². The van der Waals surface area contributed by atoms with E-state index in [2.05, 4.69) is 31.2 Å². The van der Waals surface area contributed by atoms with Gasteiger partial charge in [0, 0.05) is 29.2 Å². The lowest BCUT2D eigenvalue weighted by molar-refractivity contribution is 0.181. The van der Waals surface area contributed by atoms with Gasteiger partial charge in [0.25, 0.3) is 0 Å². The highest BCUT2D eigenvalue weighted by molar-refractivity contribution is 9.10. The Balaban J connectivity index is 2.33. The van der Waals surface area contributed by atoms with Crippen molar-refractivity contribution >= 4 is 27.3 Å². The van der Waals surface area contributed by atoms with Crippen LogP contribution in [0.1, 0.15) is 10.6 Å². The summed E-state index contributed by atoms with van der Waals surface area (Å²) in [7, 11) is 3.61. The Labute approximate surface area is 119 Å². The van der Waals surface area contributed by atoms with E-state index in [1.807, 2.05) is 19.2 Å². The number of hydrogen-bond donors (Lipinski definition) is 1. The van der Waals surface area contributed by atoms with Crippen molar-refractivity contribution in [1.29, 1.82) is 0 Å². The van der Waals surface area contributed by atoms with Crippen LogP contribution in [-0.2, 0) is 17.9 Å². The summed E-state index contributed by atoms with van der Waals surface area (Å²) in [6.45, 7) is 1.33. The van der Waals surface area contributed by atoms with Crippen molar-refractivity contribution in [3.05, 3.63) is 33.4 Å². The smallest absolute Gasteiger partial charge is 0.142 e. The molecule has 0 aliphatic carbocycles. The van der Waals surface area contributed by atoms with E-state index < -0.39 is 0 Å². The van der Waals surface area contributed by atoms with E-state index in [-0.39, 0.29) is 0 Å². The standard InChI is InChI=1S/C12H14BrN3OS/c1-14-6-11-10(7-17-2)16-12(18-11)9-4-3-8(13)5-15-9/h3-5,14H,6-7H2,1-2H3. The summed E-state index contributed by atoms with van der Waals surface area (Å²) in [5, 5.41) is 4.07. The number of ether oxygens (including phenoxy) is 1. The maximum absolute atomic E-state index is 5.17. The average Bonchev–Trinajstić information content (AvgIpc) is 2.75. The fraction of sp³-hybridized carbons (Fsp3) is 0.333. The molecule has 0 unspecified atom stereocenters. The predicted octanol–water partition coefficient (Wildman–Crippen LogP) is 2.83. The second kappa shape index (κ2) is 6.38. The average molecular weight is 328 g/mol. The van der Waals surface area contributed by atoms with E-state index in [4.69, 9.17) is 4.74 Å². The van der Waals surface area contributed by atoms with Crippen LogP contribution in [0.5, 0.6) is 0 Å². The molecule has 0 fully saturated rings. The zero-order valence-corrected chi connectivity index (χ0v) is 12.6. The highest BCUT2D eigenvalue weighted by atomic mass is 79.9. The van der Waals surface area contributed by atoms with Gasteiger partial charge in [-0.05, 0) is 35.1 Å². The molecule has 0 aliphatic rings. The van der Waals surface area contributed by atoms with E-state index in [9.17, 15) is 0 Å². The maximum atomic E-state index is 5.17. The van der Waals surface area contributed by atoms with Gasteiger partial charge in [-0.1, -0.05) is 0 Å². The Hall–Kier alpha value is -0.820. The van der Waals surface area contributed by atoms with Crippen LogP contribution in [0.25, 0.3) is 10.7 Å². The molecule has 18 heavy (non-hydrogen) atoms. The van der Waals surface area contributed by atoms with Crippen molar-refractivity contribution in [3.63, 3.8) is 0 Å². The first-order valence-electron chi connectivity index (χ1n) is 5.48. The number of pyridine rings is 1. The van der Waals surface area contributed by atoms with Crippen LogP contribution >= 0.6 is 27.3 Å². The minimum absolute atomic E-state index is 0.532. The maximum Gasteiger partial charge on any atom is 0.142 e. The van der Waals surface area contributed by atoms with Crippen molar-refractivity contribution in [2.75, 3.05) is 14.2 Å². The third-order valence-electron chi connectivity index (χ3n) is 2.34. The molecule has 0 amide bonds. The molecule has 1 N–H and O–H groups in total. The van der Waals surface area contributed by atoms with Crippen molar-refractivity contribution in [3.8, 4) is 10.7 Å². The number of aromatic nitrogens is 2. The van der Waals surface area contributed by atoms with Gasteiger partial charge in [0.1, 0.15) is 5.01 Å². The number of rotatable bonds is 5. The van der Waals surface area contributed by atoms with Crippen molar-refractivity contribution in [2.45, 2.75) is 13.2 Å². The Kier molecular flexibility index (Phi) is 4.82. The SMILES string of the molecule is CNCc1sc(-c2ccc(Br)cn2)nc1COC. The number of halogens is 1. The first kappa shape index (κ1) is 13.6. The molecule has 0 atom stereocenters. The highest BCUT2D eigenvalue weighted by Crippen LogP contribution is 2.27. The molecule has 96 valence electrons. The van der Waals surface area contributed by atoms with Gasteiger partial charge in [0.15, 0.2) is 0 Å². The number of thiazole rings is 1. The number of nitrogens with zero attached hydrogens (tertiary/aromatic N) is 2. The van der Waals surface area contributed by atoms with E-state index >= 15 is 0 Å². The molecule has 0 saturated carbocycles. The summed E-state index contributed by atoms with van der Waals surface area (Å²) in [6.07, 6.45) is 1.78. The predicted molar refractivity (Wildman–Crippen MR) is 76.5 cm³/mol. The normalized spacial score (nSPS) is 10.8. The molecule has 0 aliphatic heterocycles. The van der Waals surface area contributed by atoms with Gasteiger partial charge in [0.2, 0.25) is 0 Å². The lowest BCUT2D eigenvalue weighted by atomic mass is 10.3. The quantitative estimate of drug-likeness (QED) is 0.917. The van der Waals surface area contributed by atoms with Gasteiger partial charge in [-0.15, -0.1) is 11.3 Å². The highest BCUT2D eigenvalue weighted by Gasteiger charge is 2.12. The second-order valence-electron chi connectivity index (χ2n) is 3.71. The molecular weight excluding hydrogens is 314 g/mol. The zero-order chi connectivity index (χ0) is 13.0. The van der Waals surface area contributed by atoms with E-state index in [0.29, 0.717) is 6.61 Å². The van der Waals surface area contributed by atoms with Gasteiger partial charge in [-0.2, -0.15) is 0 Å². The van der Waals surface area contributed by atoms with Crippen LogP contribution in [0.15, 0.2) is 22.8 Å². The fourth-order valence-corrected chi connectivity index (χ4v) is 2.83. The number of nitrogens with one attached hydrogen (secondary N) is 1. The minimum Gasteiger partial charge on any atom is -0.378 e. The summed E-state index contributed by atoms with van der Waals surface area (Å²) in [5.41, 5.74) is 1.87. The van der Waals surface area contributed by atoms with Crippen LogP contribution in [0, 0.1) is 0 Å². The van der Waals surface area contributed by atoms with Gasteiger partial charge in [-0.25, -0.2) is 4.98 Å². The Morgan fingerprint density at radius 1 is 1.44 bits per heavy atom. The molecule has 4 nitrogen and oxygen atoms in total. The third-order valence-corrected chi connectivity index (χ3v) is 3.93. The Morgan fingerprint density at radius 3 is 2.89 bits per heavy atom. The number of hydrogen-bond acceptors (Lipinski definition) is 5. The van der Waals surface area contributed by atoms with E-state index in [1.54, 1.807) is 24.6 Å². The van der Waals surface area contributed by atoms with Crippen LogP contribution < -0.4 is 5.32 Å². The molecule has 2 heterocycles. The molecule has 6 heteroatoms. The summed E-state index contributed by atoms with van der Waals surface area (Å²) in [5.74, 6) is 0. The molecule has 2 aromatic rings. The largest absolute Gasteiger partial charge is 0.378 e. The molecule has 0 bridgehead atoms. The van der Waals surface area contributed by atoms with E-state index in [1.165, 1.54) is 4.88 Å². The molecule has 0 radical (unpaired) electrons. The molecule has 2 aromatic heterocycles.